The van der Waals surface area contributed by atoms with E-state index in [1.807, 2.05) is 17.8 Å². The van der Waals surface area contributed by atoms with Crippen LogP contribution in [0.25, 0.3) is 5.57 Å². The van der Waals surface area contributed by atoms with Crippen molar-refractivity contribution in [1.29, 1.82) is 5.41 Å². The molecular weight excluding hydrogens is 300 g/mol. The Labute approximate surface area is 143 Å². The summed E-state index contributed by atoms with van der Waals surface area (Å²) in [7, 11) is 0. The van der Waals surface area contributed by atoms with Crippen LogP contribution in [0.1, 0.15) is 39.2 Å². The van der Waals surface area contributed by atoms with Gasteiger partial charge in [-0.25, -0.2) is 0 Å². The van der Waals surface area contributed by atoms with E-state index < -0.39 is 0 Å². The maximum Gasteiger partial charge on any atom is 0.0201 e. The Balaban J connectivity index is 2.16. The van der Waals surface area contributed by atoms with Crippen molar-refractivity contribution >= 4 is 23.5 Å². The van der Waals surface area contributed by atoms with Gasteiger partial charge in [-0.2, -0.15) is 0 Å². The molecule has 0 amide bonds. The van der Waals surface area contributed by atoms with Crippen LogP contribution < -0.4 is 5.32 Å². The Kier molecular flexibility index (Phi) is 4.88. The van der Waals surface area contributed by atoms with Gasteiger partial charge < -0.3 is 10.7 Å². The first-order valence-corrected chi connectivity index (χ1v) is 9.05. The van der Waals surface area contributed by atoms with Gasteiger partial charge >= 0.3 is 0 Å². The molecule has 3 rings (SSSR count). The highest BCUT2D eigenvalue weighted by atomic mass is 32.2. The predicted molar refractivity (Wildman–Crippen MR) is 101 cm³/mol. The highest BCUT2D eigenvalue weighted by Crippen LogP contribution is 2.47. The molecular formula is C20H24N2S. The van der Waals surface area contributed by atoms with Crippen LogP contribution in [-0.2, 0) is 0 Å². The van der Waals surface area contributed by atoms with Gasteiger partial charge in [0.05, 0.1) is 0 Å². The molecule has 1 aromatic rings. The lowest BCUT2D eigenvalue weighted by Gasteiger charge is -2.33. The summed E-state index contributed by atoms with van der Waals surface area (Å²) in [5.41, 5.74) is 5.72. The van der Waals surface area contributed by atoms with Crippen LogP contribution in [0.2, 0.25) is 0 Å². The molecule has 2 aliphatic rings. The average molecular weight is 324 g/mol. The Morgan fingerprint density at radius 3 is 2.57 bits per heavy atom. The fourth-order valence-corrected chi connectivity index (χ4v) is 4.73. The van der Waals surface area contributed by atoms with E-state index in [4.69, 9.17) is 5.41 Å². The molecule has 3 heteroatoms. The lowest BCUT2D eigenvalue weighted by Crippen LogP contribution is -2.39. The van der Waals surface area contributed by atoms with Crippen molar-refractivity contribution < 1.29 is 0 Å². The molecule has 2 heterocycles. The van der Waals surface area contributed by atoms with Gasteiger partial charge in [0.1, 0.15) is 0 Å². The number of rotatable bonds is 2. The van der Waals surface area contributed by atoms with Crippen LogP contribution in [0.3, 0.4) is 0 Å². The molecule has 0 aromatic heterocycles. The van der Waals surface area contributed by atoms with Crippen molar-refractivity contribution in [3.05, 3.63) is 58.0 Å². The second-order valence-corrected chi connectivity index (χ2v) is 7.55. The SMILES string of the molecule is CC1=C(/C=C\C=N)Sc2ccccc2C1=C1CC(C)NC(C)C1. The van der Waals surface area contributed by atoms with E-state index >= 15 is 0 Å². The summed E-state index contributed by atoms with van der Waals surface area (Å²) < 4.78 is 0. The fourth-order valence-electron chi connectivity index (χ4n) is 3.66. The number of thioether (sulfide) groups is 1. The topological polar surface area (TPSA) is 35.9 Å². The second kappa shape index (κ2) is 6.90. The molecule has 0 bridgehead atoms. The highest BCUT2D eigenvalue weighted by molar-refractivity contribution is 8.03. The number of nitrogens with one attached hydrogen (secondary N) is 2. The van der Waals surface area contributed by atoms with Crippen LogP contribution in [0.15, 0.2) is 57.4 Å². The van der Waals surface area contributed by atoms with Crippen LogP contribution in [0.4, 0.5) is 0 Å². The van der Waals surface area contributed by atoms with Crippen LogP contribution in [0, 0.1) is 5.41 Å². The predicted octanol–water partition coefficient (Wildman–Crippen LogP) is 5.19. The van der Waals surface area contributed by atoms with Crippen molar-refractivity contribution in [1.82, 2.24) is 5.32 Å². The molecule has 0 radical (unpaired) electrons. The van der Waals surface area contributed by atoms with Crippen molar-refractivity contribution in [3.8, 4) is 0 Å². The zero-order chi connectivity index (χ0) is 16.4. The van der Waals surface area contributed by atoms with E-state index in [1.54, 1.807) is 5.57 Å². The van der Waals surface area contributed by atoms with Gasteiger partial charge in [-0.05, 0) is 68.5 Å². The first-order chi connectivity index (χ1) is 11.1. The molecule has 2 atom stereocenters. The van der Waals surface area contributed by atoms with E-state index in [0.717, 1.165) is 12.8 Å². The quantitative estimate of drug-likeness (QED) is 0.735. The van der Waals surface area contributed by atoms with Gasteiger partial charge in [-0.3, -0.25) is 0 Å². The number of allylic oxidation sites excluding steroid dienone is 4. The number of fused-ring (bicyclic) bond motifs is 1. The first kappa shape index (κ1) is 16.3. The molecule has 2 aliphatic heterocycles. The van der Waals surface area contributed by atoms with E-state index in [0.29, 0.717) is 12.1 Å². The molecule has 0 aliphatic carbocycles. The summed E-state index contributed by atoms with van der Waals surface area (Å²) in [5, 5.41) is 10.9. The third-order valence-electron chi connectivity index (χ3n) is 4.49. The van der Waals surface area contributed by atoms with Gasteiger partial charge in [0.15, 0.2) is 0 Å². The summed E-state index contributed by atoms with van der Waals surface area (Å²) in [4.78, 5) is 2.58. The average Bonchev–Trinajstić information content (AvgIpc) is 2.52. The lowest BCUT2D eigenvalue weighted by molar-refractivity contribution is 0.412. The van der Waals surface area contributed by atoms with Gasteiger partial charge in [0, 0.05) is 28.1 Å². The molecule has 1 fully saturated rings. The third kappa shape index (κ3) is 3.36. The normalized spacial score (nSPS) is 25.0. The van der Waals surface area contributed by atoms with Crippen LogP contribution in [0.5, 0.6) is 0 Å². The van der Waals surface area contributed by atoms with E-state index in [1.165, 1.54) is 32.7 Å². The van der Waals surface area contributed by atoms with Gasteiger partial charge in [0.25, 0.3) is 0 Å². The van der Waals surface area contributed by atoms with Gasteiger partial charge in [0.2, 0.25) is 0 Å². The number of hydrogen-bond acceptors (Lipinski definition) is 3. The minimum absolute atomic E-state index is 0.524. The summed E-state index contributed by atoms with van der Waals surface area (Å²) in [6, 6.07) is 9.76. The maximum absolute atomic E-state index is 7.27. The highest BCUT2D eigenvalue weighted by Gasteiger charge is 2.26. The molecule has 120 valence electrons. The monoisotopic (exact) mass is 324 g/mol. The zero-order valence-corrected chi connectivity index (χ0v) is 14.8. The minimum Gasteiger partial charge on any atom is -0.311 e. The van der Waals surface area contributed by atoms with E-state index in [2.05, 4.69) is 56.4 Å². The summed E-state index contributed by atoms with van der Waals surface area (Å²) >= 11 is 1.81. The molecule has 23 heavy (non-hydrogen) atoms. The summed E-state index contributed by atoms with van der Waals surface area (Å²) in [6.45, 7) is 6.77. The van der Waals surface area contributed by atoms with Crippen molar-refractivity contribution in [2.45, 2.75) is 50.6 Å². The number of benzene rings is 1. The Bertz CT molecular complexity index is 700. The van der Waals surface area contributed by atoms with Crippen molar-refractivity contribution in [3.63, 3.8) is 0 Å². The van der Waals surface area contributed by atoms with E-state index in [-0.39, 0.29) is 0 Å². The molecule has 1 saturated heterocycles. The van der Waals surface area contributed by atoms with Crippen molar-refractivity contribution in [2.24, 2.45) is 0 Å². The zero-order valence-electron chi connectivity index (χ0n) is 14.0. The number of hydrogen-bond donors (Lipinski definition) is 2. The standard InChI is InChI=1S/C20H24N2S/c1-13-11-16(12-14(2)22-13)20-15(3)18(9-6-10-21)23-19-8-5-4-7-17(19)20/h4-10,13-14,21-22H,11-12H2,1-3H3/b9-6-,20-16?,21-10?. The van der Waals surface area contributed by atoms with E-state index in [9.17, 15) is 0 Å². The van der Waals surface area contributed by atoms with Crippen LogP contribution >= 0.6 is 11.8 Å². The Morgan fingerprint density at radius 1 is 1.17 bits per heavy atom. The molecule has 2 N–H and O–H groups in total. The smallest absolute Gasteiger partial charge is 0.0201 e. The molecule has 0 spiro atoms. The Morgan fingerprint density at radius 2 is 1.87 bits per heavy atom. The lowest BCUT2D eigenvalue weighted by atomic mass is 9.84. The van der Waals surface area contributed by atoms with Crippen LogP contribution in [-0.4, -0.2) is 18.3 Å². The van der Waals surface area contributed by atoms with Crippen molar-refractivity contribution in [2.75, 3.05) is 0 Å². The number of piperidine rings is 1. The largest absolute Gasteiger partial charge is 0.311 e. The summed E-state index contributed by atoms with van der Waals surface area (Å²) in [6.07, 6.45) is 7.45. The maximum atomic E-state index is 7.27. The Hall–Kier alpha value is -1.58. The first-order valence-electron chi connectivity index (χ1n) is 8.24. The molecule has 2 unspecified atom stereocenters. The third-order valence-corrected chi connectivity index (χ3v) is 5.73. The van der Waals surface area contributed by atoms with Gasteiger partial charge in [-0.15, -0.1) is 0 Å². The summed E-state index contributed by atoms with van der Waals surface area (Å²) in [5.74, 6) is 0. The fraction of sp³-hybridized carbons (Fsp3) is 0.350. The minimum atomic E-state index is 0.524. The molecule has 1 aromatic carbocycles. The molecule has 2 nitrogen and oxygen atoms in total. The molecule has 0 saturated carbocycles. The second-order valence-electron chi connectivity index (χ2n) is 6.47. The van der Waals surface area contributed by atoms with Gasteiger partial charge in [-0.1, -0.05) is 35.5 Å².